The highest BCUT2D eigenvalue weighted by Gasteiger charge is 2.39. The van der Waals surface area contributed by atoms with E-state index in [2.05, 4.69) is 49.2 Å². The van der Waals surface area contributed by atoms with Gasteiger partial charge in [0.25, 0.3) is 0 Å². The number of carbonyl (C=O) groups is 1. The Labute approximate surface area is 198 Å². The van der Waals surface area contributed by atoms with E-state index in [-0.39, 0.29) is 39.1 Å². The summed E-state index contributed by atoms with van der Waals surface area (Å²) >= 11 is 0. The van der Waals surface area contributed by atoms with Crippen LogP contribution in [0.2, 0.25) is 0 Å². The number of aromatic amines is 1. The van der Waals surface area contributed by atoms with Crippen molar-refractivity contribution >= 4 is 54.9 Å². The van der Waals surface area contributed by atoms with Crippen LogP contribution < -0.4 is 0 Å². The first kappa shape index (κ1) is 25.4. The van der Waals surface area contributed by atoms with Gasteiger partial charge in [0.1, 0.15) is 11.4 Å². The predicted molar refractivity (Wildman–Crippen MR) is 138 cm³/mol. The van der Waals surface area contributed by atoms with Crippen LogP contribution in [0.25, 0.3) is 21.8 Å². The molecule has 1 amide bonds. The molecule has 0 aliphatic carbocycles. The minimum Gasteiger partial charge on any atom is -0.444 e. The van der Waals surface area contributed by atoms with Crippen LogP contribution >= 0.6 is 27.0 Å². The van der Waals surface area contributed by atoms with Crippen LogP contribution in [0.15, 0.2) is 30.3 Å². The molecule has 1 aliphatic heterocycles. The van der Waals surface area contributed by atoms with Crippen molar-refractivity contribution in [2.75, 3.05) is 6.54 Å². The number of ether oxygens (including phenoxy) is 1. The number of imidazole rings is 1. The third-order valence-electron chi connectivity index (χ3n) is 5.67. The average molecular weight is 462 g/mol. The van der Waals surface area contributed by atoms with E-state index in [1.54, 1.807) is 0 Å². The lowest BCUT2D eigenvalue weighted by atomic mass is 10.0. The molecule has 0 bridgehead atoms. The second kappa shape index (κ2) is 9.74. The SMILES string of the molecule is CCC[C@H]1C[C@@H](c2nc3c(ccc4cc(C)ccc43)[nH]2)N(C(=O)OC(C)(C)C)C1.S.S. The van der Waals surface area contributed by atoms with Gasteiger partial charge in [0.15, 0.2) is 0 Å². The normalized spacial score (nSPS) is 18.7. The molecule has 3 aromatic rings. The summed E-state index contributed by atoms with van der Waals surface area (Å²) in [6.45, 7) is 10.8. The Bertz CT molecular complexity index is 1060. The Morgan fingerprint density at radius 1 is 1.23 bits per heavy atom. The van der Waals surface area contributed by atoms with Crippen LogP contribution in [0.4, 0.5) is 4.79 Å². The molecule has 7 heteroatoms. The fraction of sp³-hybridized carbons (Fsp3) is 0.500. The van der Waals surface area contributed by atoms with Crippen molar-refractivity contribution in [3.05, 3.63) is 41.7 Å². The first-order valence-electron chi connectivity index (χ1n) is 10.6. The molecule has 2 heterocycles. The van der Waals surface area contributed by atoms with Gasteiger partial charge < -0.3 is 9.72 Å². The van der Waals surface area contributed by atoms with Crippen molar-refractivity contribution in [2.45, 2.75) is 65.5 Å². The predicted octanol–water partition coefficient (Wildman–Crippen LogP) is 6.35. The number of likely N-dealkylation sites (tertiary alicyclic amines) is 1. The summed E-state index contributed by atoms with van der Waals surface area (Å²) in [5, 5.41) is 2.33. The summed E-state index contributed by atoms with van der Waals surface area (Å²) < 4.78 is 5.70. The molecule has 0 spiro atoms. The van der Waals surface area contributed by atoms with Gasteiger partial charge >= 0.3 is 6.09 Å². The third kappa shape index (κ3) is 5.32. The van der Waals surface area contributed by atoms with E-state index in [9.17, 15) is 4.79 Å². The Hall–Kier alpha value is -1.86. The highest BCUT2D eigenvalue weighted by Crippen LogP contribution is 2.38. The van der Waals surface area contributed by atoms with E-state index >= 15 is 0 Å². The number of carbonyl (C=O) groups excluding carboxylic acids is 1. The van der Waals surface area contributed by atoms with Crippen molar-refractivity contribution in [2.24, 2.45) is 5.92 Å². The van der Waals surface area contributed by atoms with E-state index in [1.807, 2.05) is 25.7 Å². The molecular weight excluding hydrogens is 426 g/mol. The van der Waals surface area contributed by atoms with E-state index < -0.39 is 5.60 Å². The van der Waals surface area contributed by atoms with Gasteiger partial charge in [-0.05, 0) is 57.9 Å². The molecule has 170 valence electrons. The van der Waals surface area contributed by atoms with Crippen molar-refractivity contribution in [1.29, 1.82) is 0 Å². The molecule has 1 saturated heterocycles. The van der Waals surface area contributed by atoms with Gasteiger partial charge in [-0.15, -0.1) is 0 Å². The summed E-state index contributed by atoms with van der Waals surface area (Å²) in [6, 6.07) is 10.6. The Morgan fingerprint density at radius 3 is 2.65 bits per heavy atom. The minimum atomic E-state index is -0.508. The first-order chi connectivity index (χ1) is 13.7. The fourth-order valence-corrected chi connectivity index (χ4v) is 4.42. The van der Waals surface area contributed by atoms with E-state index in [0.717, 1.165) is 48.1 Å². The minimum absolute atomic E-state index is 0. The highest BCUT2D eigenvalue weighted by molar-refractivity contribution is 7.59. The van der Waals surface area contributed by atoms with E-state index in [0.29, 0.717) is 5.92 Å². The summed E-state index contributed by atoms with van der Waals surface area (Å²) in [4.78, 5) is 23.3. The van der Waals surface area contributed by atoms with Gasteiger partial charge in [-0.1, -0.05) is 43.2 Å². The number of rotatable bonds is 3. The first-order valence-corrected chi connectivity index (χ1v) is 10.6. The Morgan fingerprint density at radius 2 is 1.97 bits per heavy atom. The molecule has 31 heavy (non-hydrogen) atoms. The number of H-pyrrole nitrogens is 1. The highest BCUT2D eigenvalue weighted by atomic mass is 32.1. The van der Waals surface area contributed by atoms with Gasteiger partial charge in [-0.25, -0.2) is 9.78 Å². The number of nitrogens with zero attached hydrogens (tertiary/aromatic N) is 2. The maximum absolute atomic E-state index is 12.9. The number of hydrogen-bond acceptors (Lipinski definition) is 3. The topological polar surface area (TPSA) is 58.2 Å². The Kier molecular flexibility index (Phi) is 7.98. The maximum Gasteiger partial charge on any atom is 0.410 e. The Balaban J connectivity index is 0.00000171. The van der Waals surface area contributed by atoms with Crippen LogP contribution in [0.1, 0.15) is 64.4 Å². The maximum atomic E-state index is 12.9. The summed E-state index contributed by atoms with van der Waals surface area (Å²) in [6.07, 6.45) is 2.90. The number of hydrogen-bond donors (Lipinski definition) is 1. The van der Waals surface area contributed by atoms with Crippen LogP contribution in [-0.2, 0) is 4.74 Å². The molecule has 0 saturated carbocycles. The summed E-state index contributed by atoms with van der Waals surface area (Å²) in [5.74, 6) is 1.34. The van der Waals surface area contributed by atoms with Gasteiger partial charge in [-0.3, -0.25) is 4.90 Å². The van der Waals surface area contributed by atoms with Crippen molar-refractivity contribution in [3.63, 3.8) is 0 Å². The summed E-state index contributed by atoms with van der Waals surface area (Å²) in [7, 11) is 0. The lowest BCUT2D eigenvalue weighted by molar-refractivity contribution is 0.0213. The zero-order valence-corrected chi connectivity index (χ0v) is 21.1. The lowest BCUT2D eigenvalue weighted by Crippen LogP contribution is -2.37. The lowest BCUT2D eigenvalue weighted by Gasteiger charge is -2.27. The molecular formula is C24H35N3O2S2. The third-order valence-corrected chi connectivity index (χ3v) is 5.67. The van der Waals surface area contributed by atoms with Crippen molar-refractivity contribution < 1.29 is 9.53 Å². The molecule has 0 unspecified atom stereocenters. The number of nitrogens with one attached hydrogen (secondary N) is 1. The summed E-state index contributed by atoms with van der Waals surface area (Å²) in [5.41, 5.74) is 2.72. The zero-order valence-electron chi connectivity index (χ0n) is 19.1. The second-order valence-corrected chi connectivity index (χ2v) is 9.35. The average Bonchev–Trinajstić information content (AvgIpc) is 3.24. The number of benzene rings is 2. The molecule has 5 nitrogen and oxygen atoms in total. The quantitative estimate of drug-likeness (QED) is 0.494. The van der Waals surface area contributed by atoms with Crippen LogP contribution in [-0.4, -0.2) is 33.1 Å². The standard InChI is InChI=1S/C24H31N3O2.2H2S/c1-6-7-16-13-20(27(14-16)23(28)29-24(3,4)5)22-25-19-11-9-17-12-15(2)8-10-18(17)21(19)26-22;;/h8-12,16,20H,6-7,13-14H2,1-5H3,(H,25,26);2*1H2/t16-,20-;;/m0../s1. The van der Waals surface area contributed by atoms with E-state index in [1.165, 1.54) is 10.9 Å². The number of aromatic nitrogens is 2. The van der Waals surface area contributed by atoms with Crippen LogP contribution in [0.3, 0.4) is 0 Å². The van der Waals surface area contributed by atoms with Gasteiger partial charge in [-0.2, -0.15) is 27.0 Å². The molecule has 4 rings (SSSR count). The molecule has 1 N–H and O–H groups in total. The zero-order chi connectivity index (χ0) is 20.8. The largest absolute Gasteiger partial charge is 0.444 e. The molecule has 2 aromatic carbocycles. The van der Waals surface area contributed by atoms with Crippen molar-refractivity contribution in [3.8, 4) is 0 Å². The van der Waals surface area contributed by atoms with Gasteiger partial charge in [0, 0.05) is 11.9 Å². The number of amides is 1. The van der Waals surface area contributed by atoms with Gasteiger partial charge in [0.2, 0.25) is 0 Å². The van der Waals surface area contributed by atoms with E-state index in [4.69, 9.17) is 9.72 Å². The number of aryl methyl sites for hydroxylation is 1. The molecule has 1 fully saturated rings. The second-order valence-electron chi connectivity index (χ2n) is 9.35. The molecule has 1 aliphatic rings. The fourth-order valence-electron chi connectivity index (χ4n) is 4.42. The van der Waals surface area contributed by atoms with Gasteiger partial charge in [0.05, 0.1) is 17.1 Å². The number of fused-ring (bicyclic) bond motifs is 3. The van der Waals surface area contributed by atoms with Crippen molar-refractivity contribution in [1.82, 2.24) is 14.9 Å². The van der Waals surface area contributed by atoms with Crippen LogP contribution in [0, 0.1) is 12.8 Å². The molecule has 2 atom stereocenters. The molecule has 1 aromatic heterocycles. The van der Waals surface area contributed by atoms with Crippen LogP contribution in [0.5, 0.6) is 0 Å². The molecule has 0 radical (unpaired) electrons. The monoisotopic (exact) mass is 461 g/mol. The smallest absolute Gasteiger partial charge is 0.410 e.